The number of hydrogen-bond donors (Lipinski definition) is 2. The highest BCUT2D eigenvalue weighted by Crippen LogP contribution is 2.14. The normalized spacial score (nSPS) is 12.6. The van der Waals surface area contributed by atoms with E-state index in [1.54, 1.807) is 19.9 Å². The summed E-state index contributed by atoms with van der Waals surface area (Å²) >= 11 is 0. The molecule has 0 spiro atoms. The summed E-state index contributed by atoms with van der Waals surface area (Å²) in [6.45, 7) is 33.0. The topological polar surface area (TPSA) is 72.6 Å². The van der Waals surface area contributed by atoms with Crippen LogP contribution in [0, 0.1) is 17.8 Å². The van der Waals surface area contributed by atoms with Crippen molar-refractivity contribution < 1.29 is 14.6 Å². The molecule has 0 aliphatic carbocycles. The van der Waals surface area contributed by atoms with Crippen LogP contribution in [0.5, 0.6) is 0 Å². The molecule has 0 unspecified atom stereocenters. The van der Waals surface area contributed by atoms with E-state index < -0.39 is 5.60 Å². The highest BCUT2D eigenvalue weighted by molar-refractivity contribution is 5.68. The molecule has 0 rings (SSSR count). The molecular formula is C35H73NO3. The number of rotatable bonds is 13. The van der Waals surface area contributed by atoms with Gasteiger partial charge >= 0.3 is 5.97 Å². The van der Waals surface area contributed by atoms with E-state index in [9.17, 15) is 4.79 Å². The van der Waals surface area contributed by atoms with Crippen LogP contribution in [0.15, 0.2) is 36.1 Å². The highest BCUT2D eigenvalue weighted by atomic mass is 16.5. The lowest BCUT2D eigenvalue weighted by molar-refractivity contribution is -0.142. The monoisotopic (exact) mass is 556 g/mol. The number of ether oxygens (including phenoxy) is 1. The number of carbonyl (C=O) groups is 1. The van der Waals surface area contributed by atoms with Crippen molar-refractivity contribution in [3.05, 3.63) is 36.1 Å². The Kier molecular flexibility index (Phi) is 41.8. The second-order valence-electron chi connectivity index (χ2n) is 11.1. The van der Waals surface area contributed by atoms with Gasteiger partial charge in [0.25, 0.3) is 0 Å². The molecule has 0 amide bonds. The third-order valence-corrected chi connectivity index (χ3v) is 6.67. The van der Waals surface area contributed by atoms with Crippen LogP contribution in [0.4, 0.5) is 0 Å². The van der Waals surface area contributed by atoms with Gasteiger partial charge in [0.05, 0.1) is 12.2 Å². The van der Waals surface area contributed by atoms with Crippen LogP contribution in [0.1, 0.15) is 155 Å². The molecular weight excluding hydrogens is 482 g/mol. The molecule has 0 aromatic carbocycles. The molecule has 3 N–H and O–H groups in total. The summed E-state index contributed by atoms with van der Waals surface area (Å²) in [6, 6.07) is 0. The fourth-order valence-corrected chi connectivity index (χ4v) is 1.99. The number of aliphatic hydroxyl groups is 1. The van der Waals surface area contributed by atoms with Crippen LogP contribution in [0.25, 0.3) is 0 Å². The average Bonchev–Trinajstić information content (AvgIpc) is 2.91. The van der Waals surface area contributed by atoms with Gasteiger partial charge in [0.15, 0.2) is 0 Å². The average molecular weight is 556 g/mol. The van der Waals surface area contributed by atoms with E-state index in [2.05, 4.69) is 72.8 Å². The molecule has 0 radical (unpaired) electrons. The molecule has 0 aliphatic heterocycles. The van der Waals surface area contributed by atoms with Gasteiger partial charge in [-0.3, -0.25) is 4.79 Å². The minimum absolute atomic E-state index is 0.123. The standard InChI is InChI=1S/C11H19N.C9H20.C6H14O.C5H10O2.C4H10/c1-5-9(3)10(4)7-8-11(12)6-2;1-4-6-7-8-9(3)5-2;1-5(2)6(3,4)7;1-3-5(6)7-4-2;1-3-4-2/h6-9H,2,5,12H2,1,3-4H3;9H,4-8H2,1-3H3;5,7H,1-4H3;3-4H2,1-2H3;3-4H2,1-2H3/b10-7-,11-8+;;;;/t2*9-;;;/m11.../s1. The Bertz CT molecular complexity index is 569. The first kappa shape index (κ1) is 47.3. The molecule has 0 aromatic heterocycles. The summed E-state index contributed by atoms with van der Waals surface area (Å²) in [5, 5.41) is 9.09. The zero-order chi connectivity index (χ0) is 31.9. The molecule has 0 saturated carbocycles. The predicted octanol–water partition coefficient (Wildman–Crippen LogP) is 10.8. The quantitative estimate of drug-likeness (QED) is 0.135. The van der Waals surface area contributed by atoms with Crippen molar-refractivity contribution in [3.63, 3.8) is 0 Å². The Balaban J connectivity index is -0.000000129. The summed E-state index contributed by atoms with van der Waals surface area (Å²) in [4.78, 5) is 10.2. The molecule has 2 atom stereocenters. The number of carbonyl (C=O) groups excluding carboxylic acids is 1. The molecule has 39 heavy (non-hydrogen) atoms. The van der Waals surface area contributed by atoms with Crippen molar-refractivity contribution in [1.82, 2.24) is 0 Å². The summed E-state index contributed by atoms with van der Waals surface area (Å²) in [5.41, 5.74) is 7.14. The van der Waals surface area contributed by atoms with Crippen LogP contribution >= 0.6 is 0 Å². The third kappa shape index (κ3) is 46.7. The fourth-order valence-electron chi connectivity index (χ4n) is 1.99. The van der Waals surface area contributed by atoms with Crippen molar-refractivity contribution in [2.24, 2.45) is 23.5 Å². The molecule has 236 valence electrons. The van der Waals surface area contributed by atoms with Crippen LogP contribution in [0.3, 0.4) is 0 Å². The lowest BCUT2D eigenvalue weighted by Crippen LogP contribution is -2.25. The zero-order valence-electron chi connectivity index (χ0n) is 29.1. The van der Waals surface area contributed by atoms with E-state index in [1.165, 1.54) is 56.9 Å². The van der Waals surface area contributed by atoms with Crippen molar-refractivity contribution in [3.8, 4) is 0 Å². The van der Waals surface area contributed by atoms with E-state index in [1.807, 2.05) is 33.8 Å². The summed E-state index contributed by atoms with van der Waals surface area (Å²) in [5.74, 6) is 1.82. The van der Waals surface area contributed by atoms with E-state index in [4.69, 9.17) is 10.8 Å². The van der Waals surface area contributed by atoms with Crippen molar-refractivity contribution in [2.45, 2.75) is 160 Å². The Labute approximate surface area is 247 Å². The first-order valence-corrected chi connectivity index (χ1v) is 15.7. The maximum Gasteiger partial charge on any atom is 0.305 e. The lowest BCUT2D eigenvalue weighted by Gasteiger charge is -2.21. The van der Waals surface area contributed by atoms with E-state index in [0.717, 1.165) is 11.6 Å². The summed E-state index contributed by atoms with van der Waals surface area (Å²) < 4.78 is 4.55. The van der Waals surface area contributed by atoms with Crippen molar-refractivity contribution in [2.75, 3.05) is 6.61 Å². The molecule has 4 nitrogen and oxygen atoms in total. The number of unbranched alkanes of at least 4 members (excludes halogenated alkanes) is 3. The van der Waals surface area contributed by atoms with E-state index in [0.29, 0.717) is 24.9 Å². The van der Waals surface area contributed by atoms with Gasteiger partial charge in [-0.15, -0.1) is 0 Å². The van der Waals surface area contributed by atoms with E-state index in [-0.39, 0.29) is 5.97 Å². The van der Waals surface area contributed by atoms with Crippen LogP contribution in [-0.4, -0.2) is 23.3 Å². The van der Waals surface area contributed by atoms with Gasteiger partial charge in [-0.25, -0.2) is 0 Å². The van der Waals surface area contributed by atoms with Gasteiger partial charge in [0, 0.05) is 12.1 Å². The summed E-state index contributed by atoms with van der Waals surface area (Å²) in [6.07, 6.45) is 16.9. The maximum atomic E-state index is 10.2. The molecule has 4 heteroatoms. The van der Waals surface area contributed by atoms with E-state index >= 15 is 0 Å². The smallest absolute Gasteiger partial charge is 0.305 e. The van der Waals surface area contributed by atoms with Gasteiger partial charge < -0.3 is 15.6 Å². The number of allylic oxidation sites excluding steroid dienone is 4. The fraction of sp³-hybridized carbons (Fsp3) is 0.800. The highest BCUT2D eigenvalue weighted by Gasteiger charge is 2.16. The first-order chi connectivity index (χ1) is 18.1. The Morgan fingerprint density at radius 1 is 0.897 bits per heavy atom. The molecule has 0 bridgehead atoms. The van der Waals surface area contributed by atoms with Crippen molar-refractivity contribution in [1.29, 1.82) is 0 Å². The molecule has 0 saturated heterocycles. The van der Waals surface area contributed by atoms with Gasteiger partial charge in [0.1, 0.15) is 0 Å². The lowest BCUT2D eigenvalue weighted by atomic mass is 9.95. The maximum absolute atomic E-state index is 10.2. The van der Waals surface area contributed by atoms with Crippen LogP contribution in [0.2, 0.25) is 0 Å². The Hall–Kier alpha value is -1.55. The third-order valence-electron chi connectivity index (χ3n) is 6.67. The van der Waals surface area contributed by atoms with Crippen molar-refractivity contribution >= 4 is 5.97 Å². The SMILES string of the molecule is C=C/C(N)=C\C=C(\C)[C@H](C)CC.CC(C)C(C)(C)O.CCCC.CCCCC[C@H](C)CC.CCOC(=O)CC. The Morgan fingerprint density at radius 3 is 1.64 bits per heavy atom. The Morgan fingerprint density at radius 2 is 1.38 bits per heavy atom. The van der Waals surface area contributed by atoms with Crippen LogP contribution in [-0.2, 0) is 9.53 Å². The van der Waals surface area contributed by atoms with Crippen LogP contribution < -0.4 is 5.73 Å². The van der Waals surface area contributed by atoms with Gasteiger partial charge in [-0.05, 0) is 64.0 Å². The minimum atomic E-state index is -0.500. The van der Waals surface area contributed by atoms with Gasteiger partial charge in [0.2, 0.25) is 0 Å². The largest absolute Gasteiger partial charge is 0.466 e. The molecule has 0 fully saturated rings. The number of nitrogens with two attached hydrogens (primary N) is 1. The van der Waals surface area contributed by atoms with Gasteiger partial charge in [-0.1, -0.05) is 132 Å². The molecule has 0 aromatic rings. The second kappa shape index (κ2) is 34.5. The number of hydrogen-bond acceptors (Lipinski definition) is 4. The molecule has 0 heterocycles. The molecule has 0 aliphatic rings. The number of esters is 1. The van der Waals surface area contributed by atoms with Gasteiger partial charge in [-0.2, -0.15) is 0 Å². The zero-order valence-corrected chi connectivity index (χ0v) is 29.1. The summed E-state index contributed by atoms with van der Waals surface area (Å²) in [7, 11) is 0. The second-order valence-corrected chi connectivity index (χ2v) is 11.1. The first-order valence-electron chi connectivity index (χ1n) is 15.7. The minimum Gasteiger partial charge on any atom is -0.466 e. The predicted molar refractivity (Wildman–Crippen MR) is 178 cm³/mol.